The van der Waals surface area contributed by atoms with Gasteiger partial charge in [0.15, 0.2) is 0 Å². The number of ether oxygens (including phenoxy) is 1. The highest BCUT2D eigenvalue weighted by atomic mass is 16.6. The van der Waals surface area contributed by atoms with Gasteiger partial charge in [0.05, 0.1) is 22.8 Å². The molecule has 1 aliphatic heterocycles. The van der Waals surface area contributed by atoms with Crippen LogP contribution in [0, 0.1) is 5.92 Å². The molecule has 2 amide bonds. The van der Waals surface area contributed by atoms with E-state index in [1.54, 1.807) is 4.90 Å². The molecular formula is C36H41N3O3. The van der Waals surface area contributed by atoms with Crippen LogP contribution in [0.4, 0.5) is 4.79 Å². The van der Waals surface area contributed by atoms with Gasteiger partial charge in [0, 0.05) is 24.0 Å². The highest BCUT2D eigenvalue weighted by molar-refractivity contribution is 6.09. The smallest absolute Gasteiger partial charge is 0.410 e. The van der Waals surface area contributed by atoms with E-state index in [2.05, 4.69) is 36.5 Å². The fraction of sp³-hybridized carbons (Fsp3) is 0.361. The lowest BCUT2D eigenvalue weighted by atomic mass is 9.85. The van der Waals surface area contributed by atoms with E-state index in [1.807, 2.05) is 81.4 Å². The van der Waals surface area contributed by atoms with Gasteiger partial charge in [-0.05, 0) is 69.6 Å². The Labute approximate surface area is 249 Å². The largest absolute Gasteiger partial charge is 0.444 e. The number of piperidine rings is 1. The topological polar surface area (TPSA) is 71.5 Å². The van der Waals surface area contributed by atoms with Crippen molar-refractivity contribution in [3.05, 3.63) is 102 Å². The molecule has 1 aromatic heterocycles. The van der Waals surface area contributed by atoms with Crippen LogP contribution in [0.15, 0.2) is 84.9 Å². The van der Waals surface area contributed by atoms with E-state index in [0.717, 1.165) is 52.5 Å². The zero-order valence-corrected chi connectivity index (χ0v) is 25.1. The van der Waals surface area contributed by atoms with Gasteiger partial charge in [-0.1, -0.05) is 85.8 Å². The van der Waals surface area contributed by atoms with Crippen LogP contribution in [-0.4, -0.2) is 40.6 Å². The number of para-hydroxylation sites is 1. The zero-order chi connectivity index (χ0) is 29.7. The second kappa shape index (κ2) is 12.8. The first-order valence-electron chi connectivity index (χ1n) is 15.0. The van der Waals surface area contributed by atoms with Crippen molar-refractivity contribution in [2.45, 2.75) is 65.0 Å². The summed E-state index contributed by atoms with van der Waals surface area (Å²) in [5.74, 6) is 0.222. The third kappa shape index (κ3) is 6.81. The van der Waals surface area contributed by atoms with Crippen molar-refractivity contribution in [3.63, 3.8) is 0 Å². The van der Waals surface area contributed by atoms with Crippen LogP contribution in [0.25, 0.3) is 22.2 Å². The molecule has 2 heterocycles. The molecule has 3 aromatic carbocycles. The molecule has 218 valence electrons. The van der Waals surface area contributed by atoms with E-state index in [-0.39, 0.29) is 18.0 Å². The molecule has 1 fully saturated rings. The van der Waals surface area contributed by atoms with E-state index in [1.165, 1.54) is 0 Å². The van der Waals surface area contributed by atoms with Gasteiger partial charge < -0.3 is 15.0 Å². The Morgan fingerprint density at radius 1 is 0.929 bits per heavy atom. The summed E-state index contributed by atoms with van der Waals surface area (Å²) < 4.78 is 5.61. The second-order valence-electron chi connectivity index (χ2n) is 12.2. The Bertz CT molecular complexity index is 1520. The number of amides is 2. The van der Waals surface area contributed by atoms with Crippen LogP contribution in [0.1, 0.15) is 74.5 Å². The molecule has 0 saturated carbocycles. The van der Waals surface area contributed by atoms with Gasteiger partial charge in [0.1, 0.15) is 5.60 Å². The Hall–Kier alpha value is -4.19. The number of carbonyl (C=O) groups excluding carboxylic acids is 2. The van der Waals surface area contributed by atoms with Crippen molar-refractivity contribution in [1.82, 2.24) is 15.2 Å². The molecular weight excluding hydrogens is 522 g/mol. The first kappa shape index (κ1) is 29.3. The number of likely N-dealkylation sites (tertiary alicyclic amines) is 1. The highest BCUT2D eigenvalue weighted by Gasteiger charge is 2.30. The molecule has 0 spiro atoms. The number of benzene rings is 3. The summed E-state index contributed by atoms with van der Waals surface area (Å²) in [7, 11) is 0. The predicted molar refractivity (Wildman–Crippen MR) is 168 cm³/mol. The fourth-order valence-electron chi connectivity index (χ4n) is 5.82. The van der Waals surface area contributed by atoms with E-state index in [9.17, 15) is 9.59 Å². The SMILES string of the molecule is CC[C@H](NC(=O)c1c(CC2CCN(C(=O)OC(C)(C)C)CC2)c(-c2ccccc2)nc2ccccc12)c1ccccc1. The molecule has 5 rings (SSSR count). The van der Waals surface area contributed by atoms with Crippen LogP contribution in [0.5, 0.6) is 0 Å². The van der Waals surface area contributed by atoms with Gasteiger partial charge in [-0.15, -0.1) is 0 Å². The maximum atomic E-state index is 14.3. The number of pyridine rings is 1. The van der Waals surface area contributed by atoms with Gasteiger partial charge in [-0.2, -0.15) is 0 Å². The number of hydrogen-bond donors (Lipinski definition) is 1. The third-order valence-corrected chi connectivity index (χ3v) is 7.94. The molecule has 0 unspecified atom stereocenters. The first-order chi connectivity index (χ1) is 20.2. The molecule has 0 bridgehead atoms. The Morgan fingerprint density at radius 3 is 2.19 bits per heavy atom. The molecule has 1 aliphatic rings. The number of fused-ring (bicyclic) bond motifs is 1. The standard InChI is InChI=1S/C36H41N3O3/c1-5-30(26-14-8-6-9-15-26)38-34(40)32-28-18-12-13-19-31(28)37-33(27-16-10-7-11-17-27)29(32)24-25-20-22-39(23-21-25)35(41)42-36(2,3)4/h6-19,25,30H,5,20-24H2,1-4H3,(H,38,40)/t30-/m0/s1. The lowest BCUT2D eigenvalue weighted by molar-refractivity contribution is 0.0184. The summed E-state index contributed by atoms with van der Waals surface area (Å²) in [6.45, 7) is 9.04. The van der Waals surface area contributed by atoms with Crippen molar-refractivity contribution < 1.29 is 14.3 Å². The lowest BCUT2D eigenvalue weighted by Gasteiger charge is -2.34. The van der Waals surface area contributed by atoms with Gasteiger partial charge in [-0.3, -0.25) is 4.79 Å². The number of rotatable bonds is 7. The average Bonchev–Trinajstić information content (AvgIpc) is 2.99. The minimum Gasteiger partial charge on any atom is -0.444 e. The number of carbonyl (C=O) groups is 2. The summed E-state index contributed by atoms with van der Waals surface area (Å²) >= 11 is 0. The van der Waals surface area contributed by atoms with Crippen LogP contribution < -0.4 is 5.32 Å². The Kier molecular flexibility index (Phi) is 8.91. The van der Waals surface area contributed by atoms with Gasteiger partial charge in [0.25, 0.3) is 5.91 Å². The number of hydrogen-bond acceptors (Lipinski definition) is 4. The van der Waals surface area contributed by atoms with Crippen LogP contribution >= 0.6 is 0 Å². The monoisotopic (exact) mass is 563 g/mol. The van der Waals surface area contributed by atoms with E-state index >= 15 is 0 Å². The Balaban J connectivity index is 1.52. The minimum atomic E-state index is -0.520. The van der Waals surface area contributed by atoms with E-state index in [0.29, 0.717) is 31.0 Å². The fourth-order valence-corrected chi connectivity index (χ4v) is 5.82. The minimum absolute atomic E-state index is 0.0809. The summed E-state index contributed by atoms with van der Waals surface area (Å²) in [5, 5.41) is 4.22. The summed E-state index contributed by atoms with van der Waals surface area (Å²) in [6, 6.07) is 28.1. The summed E-state index contributed by atoms with van der Waals surface area (Å²) in [5.41, 5.74) is 4.88. The highest BCUT2D eigenvalue weighted by Crippen LogP contribution is 2.35. The van der Waals surface area contributed by atoms with Gasteiger partial charge in [-0.25, -0.2) is 9.78 Å². The zero-order valence-electron chi connectivity index (χ0n) is 25.1. The maximum Gasteiger partial charge on any atom is 0.410 e. The number of aromatic nitrogens is 1. The summed E-state index contributed by atoms with van der Waals surface area (Å²) in [4.78, 5) is 33.9. The van der Waals surface area contributed by atoms with Crippen molar-refractivity contribution in [3.8, 4) is 11.3 Å². The number of nitrogens with one attached hydrogen (secondary N) is 1. The first-order valence-corrected chi connectivity index (χ1v) is 15.0. The third-order valence-electron chi connectivity index (χ3n) is 7.94. The van der Waals surface area contributed by atoms with Gasteiger partial charge in [0.2, 0.25) is 0 Å². The van der Waals surface area contributed by atoms with Crippen LogP contribution in [-0.2, 0) is 11.2 Å². The maximum absolute atomic E-state index is 14.3. The Morgan fingerprint density at radius 2 is 1.55 bits per heavy atom. The molecule has 1 saturated heterocycles. The van der Waals surface area contributed by atoms with Crippen molar-refractivity contribution in [1.29, 1.82) is 0 Å². The normalized spacial score (nSPS) is 14.9. The molecule has 1 N–H and O–H groups in total. The van der Waals surface area contributed by atoms with E-state index in [4.69, 9.17) is 9.72 Å². The molecule has 42 heavy (non-hydrogen) atoms. The quantitative estimate of drug-likeness (QED) is 0.248. The molecule has 1 atom stereocenters. The van der Waals surface area contributed by atoms with E-state index < -0.39 is 5.60 Å². The molecule has 0 radical (unpaired) electrons. The molecule has 6 heteroatoms. The van der Waals surface area contributed by atoms with Crippen molar-refractivity contribution >= 4 is 22.9 Å². The predicted octanol–water partition coefficient (Wildman–Crippen LogP) is 7.97. The van der Waals surface area contributed by atoms with Crippen LogP contribution in [0.2, 0.25) is 0 Å². The van der Waals surface area contributed by atoms with Crippen LogP contribution in [0.3, 0.4) is 0 Å². The molecule has 0 aliphatic carbocycles. The van der Waals surface area contributed by atoms with Crippen molar-refractivity contribution in [2.75, 3.05) is 13.1 Å². The lowest BCUT2D eigenvalue weighted by Crippen LogP contribution is -2.42. The second-order valence-corrected chi connectivity index (χ2v) is 12.2. The molecule has 6 nitrogen and oxygen atoms in total. The molecule has 4 aromatic rings. The number of nitrogens with zero attached hydrogens (tertiary/aromatic N) is 2. The van der Waals surface area contributed by atoms with Gasteiger partial charge >= 0.3 is 6.09 Å². The van der Waals surface area contributed by atoms with Crippen molar-refractivity contribution in [2.24, 2.45) is 5.92 Å². The average molecular weight is 564 g/mol. The summed E-state index contributed by atoms with van der Waals surface area (Å²) in [6.07, 6.45) is 2.90.